The molecular formula is C13H23NO2. The van der Waals surface area contributed by atoms with E-state index in [1.165, 1.54) is 19.3 Å². The summed E-state index contributed by atoms with van der Waals surface area (Å²) in [6, 6.07) is 0.550. The van der Waals surface area contributed by atoms with Crippen LogP contribution in [0.1, 0.15) is 40.0 Å². The van der Waals surface area contributed by atoms with Crippen LogP contribution in [0.15, 0.2) is 11.6 Å². The van der Waals surface area contributed by atoms with Crippen molar-refractivity contribution in [2.24, 2.45) is 11.8 Å². The fourth-order valence-corrected chi connectivity index (χ4v) is 2.42. The van der Waals surface area contributed by atoms with Crippen molar-refractivity contribution in [3.05, 3.63) is 11.6 Å². The third-order valence-electron chi connectivity index (χ3n) is 3.56. The zero-order valence-electron chi connectivity index (χ0n) is 10.5. The molecule has 3 heteroatoms. The minimum Gasteiger partial charge on any atom is -0.478 e. The molecule has 0 amide bonds. The summed E-state index contributed by atoms with van der Waals surface area (Å²) in [5, 5.41) is 12.1. The number of aliphatic carboxylic acids is 1. The van der Waals surface area contributed by atoms with Crippen LogP contribution >= 0.6 is 0 Å². The van der Waals surface area contributed by atoms with Gasteiger partial charge in [0.25, 0.3) is 0 Å². The minimum atomic E-state index is -0.827. The molecule has 0 aliphatic heterocycles. The van der Waals surface area contributed by atoms with Crippen molar-refractivity contribution in [3.63, 3.8) is 0 Å². The van der Waals surface area contributed by atoms with Crippen LogP contribution in [0.2, 0.25) is 0 Å². The fraction of sp³-hybridized carbons (Fsp3) is 0.769. The van der Waals surface area contributed by atoms with Crippen LogP contribution in [-0.4, -0.2) is 23.7 Å². The van der Waals surface area contributed by atoms with E-state index in [1.807, 2.05) is 0 Å². The number of carboxylic acids is 1. The summed E-state index contributed by atoms with van der Waals surface area (Å²) >= 11 is 0. The van der Waals surface area contributed by atoms with Gasteiger partial charge < -0.3 is 10.4 Å². The molecule has 92 valence electrons. The fourth-order valence-electron chi connectivity index (χ4n) is 2.42. The van der Waals surface area contributed by atoms with Gasteiger partial charge in [0.2, 0.25) is 0 Å². The van der Waals surface area contributed by atoms with Crippen LogP contribution in [-0.2, 0) is 4.79 Å². The topological polar surface area (TPSA) is 49.3 Å². The molecule has 0 heterocycles. The normalized spacial score (nSPS) is 31.4. The molecule has 3 nitrogen and oxygen atoms in total. The van der Waals surface area contributed by atoms with Crippen molar-refractivity contribution in [3.8, 4) is 0 Å². The van der Waals surface area contributed by atoms with Gasteiger partial charge in [-0.05, 0) is 38.0 Å². The van der Waals surface area contributed by atoms with Crippen LogP contribution in [0, 0.1) is 11.8 Å². The average molecular weight is 225 g/mol. The zero-order chi connectivity index (χ0) is 12.1. The van der Waals surface area contributed by atoms with Gasteiger partial charge in [-0.2, -0.15) is 0 Å². The zero-order valence-corrected chi connectivity index (χ0v) is 10.5. The van der Waals surface area contributed by atoms with Crippen molar-refractivity contribution in [2.75, 3.05) is 6.54 Å². The van der Waals surface area contributed by atoms with E-state index >= 15 is 0 Å². The first kappa shape index (κ1) is 13.2. The molecule has 0 saturated heterocycles. The molecule has 1 fully saturated rings. The van der Waals surface area contributed by atoms with Gasteiger partial charge in [-0.1, -0.05) is 19.9 Å². The van der Waals surface area contributed by atoms with Crippen LogP contribution in [0.5, 0.6) is 0 Å². The molecule has 16 heavy (non-hydrogen) atoms. The molecule has 1 aliphatic carbocycles. The standard InChI is InChI=1S/C13H23NO2/c1-9-4-5-12(11(3)8-9)14-7-6-10(2)13(15)16/h6,9,11-12,14H,4-5,7-8H2,1-3H3,(H,15,16)/b10-6-. The summed E-state index contributed by atoms with van der Waals surface area (Å²) in [6.45, 7) is 6.89. The second-order valence-electron chi connectivity index (χ2n) is 5.10. The second-order valence-corrected chi connectivity index (χ2v) is 5.10. The summed E-state index contributed by atoms with van der Waals surface area (Å²) in [7, 11) is 0. The molecule has 0 bridgehead atoms. The maximum absolute atomic E-state index is 10.6. The van der Waals surface area contributed by atoms with E-state index < -0.39 is 5.97 Å². The average Bonchev–Trinajstić information content (AvgIpc) is 2.20. The highest BCUT2D eigenvalue weighted by atomic mass is 16.4. The Labute approximate surface area is 97.9 Å². The van der Waals surface area contributed by atoms with Crippen LogP contribution in [0.25, 0.3) is 0 Å². The first-order chi connectivity index (χ1) is 7.50. The highest BCUT2D eigenvalue weighted by Crippen LogP contribution is 2.28. The van der Waals surface area contributed by atoms with E-state index in [4.69, 9.17) is 5.11 Å². The molecule has 0 spiro atoms. The van der Waals surface area contributed by atoms with Gasteiger partial charge in [-0.3, -0.25) is 0 Å². The largest absolute Gasteiger partial charge is 0.478 e. The van der Waals surface area contributed by atoms with Gasteiger partial charge in [0, 0.05) is 18.2 Å². The van der Waals surface area contributed by atoms with Crippen molar-refractivity contribution in [1.29, 1.82) is 0 Å². The molecule has 1 aliphatic rings. The molecule has 0 aromatic rings. The molecule has 1 saturated carbocycles. The highest BCUT2D eigenvalue weighted by molar-refractivity contribution is 5.85. The lowest BCUT2D eigenvalue weighted by Gasteiger charge is -2.33. The number of hydrogen-bond acceptors (Lipinski definition) is 2. The van der Waals surface area contributed by atoms with Crippen molar-refractivity contribution < 1.29 is 9.90 Å². The highest BCUT2D eigenvalue weighted by Gasteiger charge is 2.24. The molecule has 3 atom stereocenters. The lowest BCUT2D eigenvalue weighted by Crippen LogP contribution is -2.39. The number of nitrogens with one attached hydrogen (secondary N) is 1. The predicted octanol–water partition coefficient (Wildman–Crippen LogP) is 2.43. The van der Waals surface area contributed by atoms with Crippen molar-refractivity contribution in [2.45, 2.75) is 46.1 Å². The van der Waals surface area contributed by atoms with Crippen molar-refractivity contribution in [1.82, 2.24) is 5.32 Å². The molecule has 0 aromatic carbocycles. The van der Waals surface area contributed by atoms with E-state index in [9.17, 15) is 4.79 Å². The summed E-state index contributed by atoms with van der Waals surface area (Å²) in [5.74, 6) is 0.707. The summed E-state index contributed by atoms with van der Waals surface area (Å²) < 4.78 is 0. The Bertz CT molecular complexity index is 273. The Morgan fingerprint density at radius 2 is 2.12 bits per heavy atom. The van der Waals surface area contributed by atoms with Gasteiger partial charge in [0.05, 0.1) is 0 Å². The maximum Gasteiger partial charge on any atom is 0.330 e. The van der Waals surface area contributed by atoms with Crippen molar-refractivity contribution >= 4 is 5.97 Å². The summed E-state index contributed by atoms with van der Waals surface area (Å²) in [6.07, 6.45) is 5.53. The third-order valence-corrected chi connectivity index (χ3v) is 3.56. The van der Waals surface area contributed by atoms with E-state index in [0.29, 0.717) is 24.1 Å². The first-order valence-corrected chi connectivity index (χ1v) is 6.14. The molecule has 0 aromatic heterocycles. The Balaban J connectivity index is 2.33. The SMILES string of the molecule is C/C(=C/CNC1CCC(C)CC1C)C(=O)O. The smallest absolute Gasteiger partial charge is 0.330 e. The van der Waals surface area contributed by atoms with Gasteiger partial charge in [-0.15, -0.1) is 0 Å². The molecule has 1 rings (SSSR count). The van der Waals surface area contributed by atoms with E-state index in [2.05, 4.69) is 19.2 Å². The Kier molecular flexibility index (Phi) is 5.00. The van der Waals surface area contributed by atoms with E-state index in [1.54, 1.807) is 13.0 Å². The maximum atomic E-state index is 10.6. The molecule has 3 unspecified atom stereocenters. The quantitative estimate of drug-likeness (QED) is 0.722. The molecular weight excluding hydrogens is 202 g/mol. The Hall–Kier alpha value is -0.830. The lowest BCUT2D eigenvalue weighted by atomic mass is 9.80. The number of carbonyl (C=O) groups is 1. The van der Waals surface area contributed by atoms with Gasteiger partial charge in [0.15, 0.2) is 0 Å². The lowest BCUT2D eigenvalue weighted by molar-refractivity contribution is -0.132. The van der Waals surface area contributed by atoms with Gasteiger partial charge in [0.1, 0.15) is 0 Å². The predicted molar refractivity (Wildman–Crippen MR) is 65.4 cm³/mol. The van der Waals surface area contributed by atoms with E-state index in [0.717, 1.165) is 5.92 Å². The molecule has 2 N–H and O–H groups in total. The second kappa shape index (κ2) is 6.04. The van der Waals surface area contributed by atoms with Gasteiger partial charge in [-0.25, -0.2) is 4.79 Å². The Morgan fingerprint density at radius 1 is 1.44 bits per heavy atom. The van der Waals surface area contributed by atoms with Crippen LogP contribution in [0.3, 0.4) is 0 Å². The number of carboxylic acid groups (broad SMARTS) is 1. The minimum absolute atomic E-state index is 0.421. The van der Waals surface area contributed by atoms with Gasteiger partial charge >= 0.3 is 5.97 Å². The Morgan fingerprint density at radius 3 is 2.69 bits per heavy atom. The first-order valence-electron chi connectivity index (χ1n) is 6.14. The van der Waals surface area contributed by atoms with Crippen LogP contribution < -0.4 is 5.32 Å². The number of rotatable bonds is 4. The number of hydrogen-bond donors (Lipinski definition) is 2. The monoisotopic (exact) mass is 225 g/mol. The van der Waals surface area contributed by atoms with Crippen LogP contribution in [0.4, 0.5) is 0 Å². The molecule has 0 radical (unpaired) electrons. The third kappa shape index (κ3) is 3.97. The summed E-state index contributed by atoms with van der Waals surface area (Å²) in [5.41, 5.74) is 0.421. The summed E-state index contributed by atoms with van der Waals surface area (Å²) in [4.78, 5) is 10.6. The van der Waals surface area contributed by atoms with E-state index in [-0.39, 0.29) is 0 Å².